The van der Waals surface area contributed by atoms with Gasteiger partial charge in [0.25, 0.3) is 0 Å². The van der Waals surface area contributed by atoms with Crippen LogP contribution >= 0.6 is 23.2 Å². The molecule has 0 bridgehead atoms. The first-order valence-electron chi connectivity index (χ1n) is 7.75. The fourth-order valence-electron chi connectivity index (χ4n) is 2.67. The number of halogens is 2. The van der Waals surface area contributed by atoms with Gasteiger partial charge < -0.3 is 21.6 Å². The number of nitrogens with zero attached hydrogens (tertiary/aromatic N) is 1. The third-order valence-electron chi connectivity index (χ3n) is 3.95. The summed E-state index contributed by atoms with van der Waals surface area (Å²) in [6, 6.07) is 9.69. The summed E-state index contributed by atoms with van der Waals surface area (Å²) in [5, 5.41) is 21.7. The van der Waals surface area contributed by atoms with Gasteiger partial charge in [-0.15, -0.1) is 0 Å². The third-order valence-corrected chi connectivity index (χ3v) is 4.42. The van der Waals surface area contributed by atoms with Crippen LogP contribution in [0.2, 0.25) is 10.0 Å². The van der Waals surface area contributed by atoms with Crippen molar-refractivity contribution in [3.63, 3.8) is 0 Å². The highest BCUT2D eigenvalue weighted by Gasteiger charge is 2.16. The average Bonchev–Trinajstić information content (AvgIpc) is 2.65. The molecule has 0 amide bonds. The smallest absolute Gasteiger partial charge is 0.337 e. The van der Waals surface area contributed by atoms with Crippen molar-refractivity contribution in [1.29, 1.82) is 5.41 Å². The van der Waals surface area contributed by atoms with Crippen LogP contribution in [0, 0.1) is 5.41 Å². The standard InChI is InChI=1S/C19H14Cl2N4O2/c20-11-1-3-16-13(5-11)18(15(9-24-16)10(7-22)8-23)25-17-4-2-12(21)6-14(17)19(26)27/h1-9,22H,23H2,(H,24,25)(H,26,27)/b10-8+,22-7?. The largest absolute Gasteiger partial charge is 0.478 e. The highest BCUT2D eigenvalue weighted by Crippen LogP contribution is 2.35. The van der Waals surface area contributed by atoms with E-state index in [1.165, 1.54) is 12.3 Å². The summed E-state index contributed by atoms with van der Waals surface area (Å²) in [6.07, 6.45) is 3.95. The van der Waals surface area contributed by atoms with Crippen LogP contribution in [0.15, 0.2) is 48.8 Å². The lowest BCUT2D eigenvalue weighted by Gasteiger charge is -2.17. The van der Waals surface area contributed by atoms with Crippen molar-refractivity contribution in [3.05, 3.63) is 70.0 Å². The van der Waals surface area contributed by atoms with E-state index in [-0.39, 0.29) is 5.56 Å². The van der Waals surface area contributed by atoms with Gasteiger partial charge in [0, 0.05) is 45.2 Å². The van der Waals surface area contributed by atoms with Gasteiger partial charge in [-0.2, -0.15) is 0 Å². The first kappa shape index (κ1) is 18.7. The van der Waals surface area contributed by atoms with Gasteiger partial charge >= 0.3 is 5.97 Å². The number of carboxylic acid groups (broad SMARTS) is 1. The number of fused-ring (bicyclic) bond motifs is 1. The van der Waals surface area contributed by atoms with Crippen molar-refractivity contribution in [2.24, 2.45) is 5.73 Å². The number of nitrogens with two attached hydrogens (primary N) is 1. The Hall–Kier alpha value is -3.09. The fraction of sp³-hybridized carbons (Fsp3) is 0. The van der Waals surface area contributed by atoms with Crippen molar-refractivity contribution in [3.8, 4) is 0 Å². The maximum atomic E-state index is 11.6. The number of aromatic carboxylic acids is 1. The summed E-state index contributed by atoms with van der Waals surface area (Å²) in [5.41, 5.74) is 8.12. The quantitative estimate of drug-likeness (QED) is 0.453. The first-order valence-corrected chi connectivity index (χ1v) is 8.51. The number of carbonyl (C=O) groups is 1. The van der Waals surface area contributed by atoms with E-state index in [2.05, 4.69) is 10.3 Å². The molecular formula is C19H14Cl2N4O2. The number of nitrogens with one attached hydrogen (secondary N) is 2. The molecule has 3 rings (SSSR count). The molecule has 3 aromatic rings. The minimum Gasteiger partial charge on any atom is -0.478 e. The molecule has 0 aliphatic rings. The lowest BCUT2D eigenvalue weighted by atomic mass is 10.0. The summed E-state index contributed by atoms with van der Waals surface area (Å²) in [4.78, 5) is 16.0. The van der Waals surface area contributed by atoms with Crippen LogP contribution in [-0.2, 0) is 0 Å². The van der Waals surface area contributed by atoms with Gasteiger partial charge in [-0.05, 0) is 36.4 Å². The number of rotatable bonds is 5. The summed E-state index contributed by atoms with van der Waals surface area (Å²) in [6.45, 7) is 0. The third kappa shape index (κ3) is 3.72. The lowest BCUT2D eigenvalue weighted by molar-refractivity contribution is 0.0698. The minimum absolute atomic E-state index is 0.00794. The zero-order chi connectivity index (χ0) is 19.6. The zero-order valence-corrected chi connectivity index (χ0v) is 15.3. The lowest BCUT2D eigenvalue weighted by Crippen LogP contribution is -2.06. The molecule has 5 N–H and O–H groups in total. The summed E-state index contributed by atoms with van der Waals surface area (Å²) < 4.78 is 0. The first-order chi connectivity index (χ1) is 12.9. The maximum absolute atomic E-state index is 11.6. The van der Waals surface area contributed by atoms with Crippen molar-refractivity contribution in [2.75, 3.05) is 5.32 Å². The molecule has 2 aromatic carbocycles. The van der Waals surface area contributed by atoms with Gasteiger partial charge in [-0.25, -0.2) is 4.79 Å². The molecule has 0 aliphatic carbocycles. The van der Waals surface area contributed by atoms with Gasteiger partial charge in [0.15, 0.2) is 0 Å². The molecule has 6 nitrogen and oxygen atoms in total. The molecule has 0 saturated heterocycles. The number of benzene rings is 2. The van der Waals surface area contributed by atoms with Crippen LogP contribution in [0.4, 0.5) is 11.4 Å². The highest BCUT2D eigenvalue weighted by atomic mass is 35.5. The second-order valence-corrected chi connectivity index (χ2v) is 6.47. The van der Waals surface area contributed by atoms with Crippen LogP contribution in [0.25, 0.3) is 16.5 Å². The van der Waals surface area contributed by atoms with E-state index >= 15 is 0 Å². The van der Waals surface area contributed by atoms with E-state index in [9.17, 15) is 9.90 Å². The fourth-order valence-corrected chi connectivity index (χ4v) is 3.02. The predicted octanol–water partition coefficient (Wildman–Crippen LogP) is 4.93. The molecule has 136 valence electrons. The van der Waals surface area contributed by atoms with E-state index in [0.717, 1.165) is 6.21 Å². The SMILES string of the molecule is N=C/C(=C\N)c1cnc2ccc(Cl)cc2c1Nc1ccc(Cl)cc1C(=O)O. The maximum Gasteiger partial charge on any atom is 0.337 e. The number of hydrogen-bond acceptors (Lipinski definition) is 5. The van der Waals surface area contributed by atoms with Crippen LogP contribution in [0.1, 0.15) is 15.9 Å². The second kappa shape index (κ2) is 7.65. The number of anilines is 2. The molecule has 27 heavy (non-hydrogen) atoms. The second-order valence-electron chi connectivity index (χ2n) is 5.59. The van der Waals surface area contributed by atoms with Gasteiger partial charge in [-0.1, -0.05) is 23.2 Å². The van der Waals surface area contributed by atoms with Gasteiger partial charge in [0.05, 0.1) is 22.5 Å². The Balaban J connectivity index is 2.29. The molecule has 0 unspecified atom stereocenters. The van der Waals surface area contributed by atoms with E-state index in [1.807, 2.05) is 0 Å². The molecular weight excluding hydrogens is 387 g/mol. The van der Waals surface area contributed by atoms with Gasteiger partial charge in [-0.3, -0.25) is 4.98 Å². The molecule has 0 fully saturated rings. The Bertz CT molecular complexity index is 1100. The molecule has 1 heterocycles. The average molecular weight is 401 g/mol. The number of hydrogen-bond donors (Lipinski definition) is 4. The van der Waals surface area contributed by atoms with E-state index in [0.29, 0.717) is 43.5 Å². The normalized spacial score (nSPS) is 11.4. The van der Waals surface area contributed by atoms with Crippen molar-refractivity contribution in [1.82, 2.24) is 4.98 Å². The Morgan fingerprint density at radius 3 is 2.52 bits per heavy atom. The van der Waals surface area contributed by atoms with Gasteiger partial charge in [0.1, 0.15) is 0 Å². The Morgan fingerprint density at radius 2 is 1.85 bits per heavy atom. The number of carboxylic acids is 1. The zero-order valence-electron chi connectivity index (χ0n) is 13.8. The molecule has 0 radical (unpaired) electrons. The van der Waals surface area contributed by atoms with Crippen LogP contribution in [0.5, 0.6) is 0 Å². The molecule has 8 heteroatoms. The molecule has 0 atom stereocenters. The van der Waals surface area contributed by atoms with Crippen LogP contribution < -0.4 is 11.1 Å². The monoisotopic (exact) mass is 400 g/mol. The molecule has 0 spiro atoms. The van der Waals surface area contributed by atoms with Crippen molar-refractivity contribution < 1.29 is 9.90 Å². The summed E-state index contributed by atoms with van der Waals surface area (Å²) in [7, 11) is 0. The minimum atomic E-state index is -1.13. The van der Waals surface area contributed by atoms with Crippen molar-refractivity contribution in [2.45, 2.75) is 0 Å². The van der Waals surface area contributed by atoms with E-state index in [4.69, 9.17) is 34.3 Å². The van der Waals surface area contributed by atoms with E-state index < -0.39 is 5.97 Å². The Morgan fingerprint density at radius 1 is 1.15 bits per heavy atom. The molecule has 0 saturated carbocycles. The molecule has 0 aliphatic heterocycles. The predicted molar refractivity (Wildman–Crippen MR) is 109 cm³/mol. The summed E-state index contributed by atoms with van der Waals surface area (Å²) >= 11 is 12.1. The van der Waals surface area contributed by atoms with Crippen LogP contribution in [0.3, 0.4) is 0 Å². The Kier molecular flexibility index (Phi) is 5.30. The topological polar surface area (TPSA) is 112 Å². The number of aromatic nitrogens is 1. The highest BCUT2D eigenvalue weighted by molar-refractivity contribution is 6.32. The molecule has 1 aromatic heterocycles. The van der Waals surface area contributed by atoms with Crippen LogP contribution in [-0.4, -0.2) is 22.3 Å². The number of pyridine rings is 1. The Labute approximate surface area is 164 Å². The summed E-state index contributed by atoms with van der Waals surface area (Å²) in [5.74, 6) is -1.13. The van der Waals surface area contributed by atoms with Gasteiger partial charge in [0.2, 0.25) is 0 Å². The van der Waals surface area contributed by atoms with Crippen molar-refractivity contribution >= 4 is 63.2 Å². The van der Waals surface area contributed by atoms with E-state index in [1.54, 1.807) is 36.5 Å². The number of allylic oxidation sites excluding steroid dienone is 1.